The van der Waals surface area contributed by atoms with Crippen LogP contribution >= 0.6 is 0 Å². The highest BCUT2D eigenvalue weighted by Gasteiger charge is 2.36. The van der Waals surface area contributed by atoms with E-state index in [2.05, 4.69) is 5.10 Å². The summed E-state index contributed by atoms with van der Waals surface area (Å²) in [5.41, 5.74) is 2.90. The van der Waals surface area contributed by atoms with Gasteiger partial charge >= 0.3 is 5.97 Å². The number of carbonyl (C=O) groups is 2. The highest BCUT2D eigenvalue weighted by Crippen LogP contribution is 2.19. The van der Waals surface area contributed by atoms with Crippen LogP contribution in [-0.4, -0.2) is 65.2 Å². The summed E-state index contributed by atoms with van der Waals surface area (Å²) in [5, 5.41) is 4.32. The largest absolute Gasteiger partial charge is 0.453 e. The number of hydrogen-bond donors (Lipinski definition) is 0. The minimum absolute atomic E-state index is 0.0210. The van der Waals surface area contributed by atoms with Crippen molar-refractivity contribution in [2.24, 2.45) is 7.05 Å². The van der Waals surface area contributed by atoms with Crippen molar-refractivity contribution < 1.29 is 22.7 Å². The molecule has 2 atom stereocenters. The van der Waals surface area contributed by atoms with Crippen LogP contribution < -0.4 is 0 Å². The average Bonchev–Trinajstić information content (AvgIpc) is 3.05. The zero-order valence-corrected chi connectivity index (χ0v) is 17.5. The molecule has 1 aromatic rings. The normalized spacial score (nSPS) is 19.7. The van der Waals surface area contributed by atoms with Crippen LogP contribution in [0.5, 0.6) is 0 Å². The summed E-state index contributed by atoms with van der Waals surface area (Å²) in [6.45, 7) is 7.56. The number of aromatic nitrogens is 2. The fourth-order valence-electron chi connectivity index (χ4n) is 3.56. The number of amides is 1. The Morgan fingerprint density at radius 2 is 2.04 bits per heavy atom. The topological polar surface area (TPSA) is 98.6 Å². The maximum absolute atomic E-state index is 12.6. The van der Waals surface area contributed by atoms with Gasteiger partial charge in [0.2, 0.25) is 0 Å². The van der Waals surface area contributed by atoms with E-state index < -0.39 is 21.9 Å². The Labute approximate surface area is 160 Å². The minimum Gasteiger partial charge on any atom is -0.453 e. The van der Waals surface area contributed by atoms with Crippen LogP contribution in [0.2, 0.25) is 0 Å². The predicted molar refractivity (Wildman–Crippen MR) is 101 cm³/mol. The van der Waals surface area contributed by atoms with Gasteiger partial charge in [-0.1, -0.05) is 0 Å². The predicted octanol–water partition coefficient (Wildman–Crippen LogP) is 0.937. The zero-order chi connectivity index (χ0) is 20.4. The SMILES string of the molecule is CCN(C(=O)C(C)OC(=O)CCc1c(C)nn(C)c1C)C1CCS(=O)(=O)C1. The fraction of sp³-hybridized carbons (Fsp3) is 0.722. The van der Waals surface area contributed by atoms with Crippen molar-refractivity contribution >= 4 is 21.7 Å². The monoisotopic (exact) mass is 399 g/mol. The van der Waals surface area contributed by atoms with Gasteiger partial charge in [0.25, 0.3) is 5.91 Å². The number of hydrogen-bond acceptors (Lipinski definition) is 6. The molecular formula is C18H29N3O5S. The van der Waals surface area contributed by atoms with E-state index in [1.165, 1.54) is 11.8 Å². The molecular weight excluding hydrogens is 370 g/mol. The third-order valence-electron chi connectivity index (χ3n) is 5.17. The summed E-state index contributed by atoms with van der Waals surface area (Å²) in [6, 6.07) is -0.339. The van der Waals surface area contributed by atoms with E-state index in [9.17, 15) is 18.0 Å². The first-order valence-electron chi connectivity index (χ1n) is 9.25. The summed E-state index contributed by atoms with van der Waals surface area (Å²) in [6.07, 6.45) is 0.164. The highest BCUT2D eigenvalue weighted by atomic mass is 32.2. The average molecular weight is 400 g/mol. The Bertz CT molecular complexity index is 815. The van der Waals surface area contributed by atoms with Crippen molar-refractivity contribution in [2.45, 2.75) is 59.1 Å². The Hall–Kier alpha value is -1.90. The first kappa shape index (κ1) is 21.4. The van der Waals surface area contributed by atoms with Crippen molar-refractivity contribution in [3.63, 3.8) is 0 Å². The molecule has 2 unspecified atom stereocenters. The lowest BCUT2D eigenvalue weighted by atomic mass is 10.1. The lowest BCUT2D eigenvalue weighted by Crippen LogP contribution is -2.46. The van der Waals surface area contributed by atoms with Gasteiger partial charge in [0.15, 0.2) is 15.9 Å². The summed E-state index contributed by atoms with van der Waals surface area (Å²) < 4.78 is 30.4. The molecule has 1 saturated heterocycles. The van der Waals surface area contributed by atoms with Crippen molar-refractivity contribution in [1.29, 1.82) is 0 Å². The van der Waals surface area contributed by atoms with Crippen LogP contribution in [-0.2, 0) is 37.6 Å². The van der Waals surface area contributed by atoms with E-state index in [0.29, 0.717) is 19.4 Å². The maximum atomic E-state index is 12.6. The molecule has 152 valence electrons. The smallest absolute Gasteiger partial charge is 0.306 e. The van der Waals surface area contributed by atoms with Crippen LogP contribution in [0.3, 0.4) is 0 Å². The molecule has 0 spiro atoms. The van der Waals surface area contributed by atoms with Crippen LogP contribution in [0.15, 0.2) is 0 Å². The molecule has 0 bridgehead atoms. The van der Waals surface area contributed by atoms with Crippen LogP contribution in [0.4, 0.5) is 0 Å². The van der Waals surface area contributed by atoms with Crippen LogP contribution in [0.25, 0.3) is 0 Å². The van der Waals surface area contributed by atoms with E-state index in [1.54, 1.807) is 11.6 Å². The molecule has 0 aliphatic carbocycles. The second-order valence-electron chi connectivity index (χ2n) is 7.09. The van der Waals surface area contributed by atoms with Crippen molar-refractivity contribution in [1.82, 2.24) is 14.7 Å². The van der Waals surface area contributed by atoms with Crippen LogP contribution in [0, 0.1) is 13.8 Å². The van der Waals surface area contributed by atoms with E-state index >= 15 is 0 Å². The molecule has 1 amide bonds. The molecule has 1 fully saturated rings. The first-order chi connectivity index (χ1) is 12.6. The van der Waals surface area contributed by atoms with E-state index in [0.717, 1.165) is 17.0 Å². The van der Waals surface area contributed by atoms with Crippen molar-refractivity contribution in [3.8, 4) is 0 Å². The summed E-state index contributed by atoms with van der Waals surface area (Å²) in [5.74, 6) is -0.720. The second kappa shape index (κ2) is 8.41. The lowest BCUT2D eigenvalue weighted by Gasteiger charge is -2.29. The Balaban J connectivity index is 1.91. The van der Waals surface area contributed by atoms with Gasteiger partial charge in [-0.25, -0.2) is 8.42 Å². The van der Waals surface area contributed by atoms with Crippen LogP contribution in [0.1, 0.15) is 43.6 Å². The van der Waals surface area contributed by atoms with Gasteiger partial charge in [-0.15, -0.1) is 0 Å². The number of sulfone groups is 1. The Morgan fingerprint density at radius 3 is 2.52 bits per heavy atom. The third kappa shape index (κ3) is 5.09. The lowest BCUT2D eigenvalue weighted by molar-refractivity contribution is -0.159. The number of carbonyl (C=O) groups excluding carboxylic acids is 2. The fourth-order valence-corrected chi connectivity index (χ4v) is 5.29. The van der Waals surface area contributed by atoms with Gasteiger partial charge in [0.05, 0.1) is 17.2 Å². The molecule has 0 N–H and O–H groups in total. The van der Waals surface area contributed by atoms with Crippen molar-refractivity contribution in [2.75, 3.05) is 18.1 Å². The maximum Gasteiger partial charge on any atom is 0.306 e. The number of esters is 1. The molecule has 27 heavy (non-hydrogen) atoms. The van der Waals surface area contributed by atoms with Gasteiger partial charge in [-0.3, -0.25) is 14.3 Å². The standard InChI is InChI=1S/C18H29N3O5S/c1-6-21(15-9-10-27(24,25)11-15)18(23)14(4)26-17(22)8-7-16-12(2)19-20(5)13(16)3/h14-15H,6-11H2,1-5H3. The number of ether oxygens (including phenoxy) is 1. The zero-order valence-electron chi connectivity index (χ0n) is 16.7. The van der Waals surface area contributed by atoms with Gasteiger partial charge in [0.1, 0.15) is 0 Å². The molecule has 1 aliphatic rings. The molecule has 0 aromatic carbocycles. The van der Waals surface area contributed by atoms with Gasteiger partial charge in [-0.2, -0.15) is 5.10 Å². The molecule has 9 heteroatoms. The number of rotatable bonds is 7. The van der Waals surface area contributed by atoms with E-state index in [-0.39, 0.29) is 29.9 Å². The summed E-state index contributed by atoms with van der Waals surface area (Å²) in [7, 11) is -1.23. The molecule has 1 aromatic heterocycles. The molecule has 1 aliphatic heterocycles. The molecule has 0 saturated carbocycles. The number of nitrogens with zero attached hydrogens (tertiary/aromatic N) is 3. The van der Waals surface area contributed by atoms with Gasteiger partial charge < -0.3 is 9.64 Å². The third-order valence-corrected chi connectivity index (χ3v) is 6.92. The van der Waals surface area contributed by atoms with E-state index in [4.69, 9.17) is 4.74 Å². The number of likely N-dealkylation sites (N-methyl/N-ethyl adjacent to an activating group) is 1. The molecule has 2 heterocycles. The van der Waals surface area contributed by atoms with Gasteiger partial charge in [-0.05, 0) is 46.1 Å². The quantitative estimate of drug-likeness (QED) is 0.633. The molecule has 0 radical (unpaired) electrons. The first-order valence-corrected chi connectivity index (χ1v) is 11.1. The van der Waals surface area contributed by atoms with Crippen molar-refractivity contribution in [3.05, 3.63) is 17.0 Å². The minimum atomic E-state index is -3.09. The van der Waals surface area contributed by atoms with E-state index in [1.807, 2.05) is 20.9 Å². The summed E-state index contributed by atoms with van der Waals surface area (Å²) in [4.78, 5) is 26.3. The Kier molecular flexibility index (Phi) is 6.67. The highest BCUT2D eigenvalue weighted by molar-refractivity contribution is 7.91. The number of aryl methyl sites for hydroxylation is 2. The molecule has 8 nitrogen and oxygen atoms in total. The second-order valence-corrected chi connectivity index (χ2v) is 9.31. The Morgan fingerprint density at radius 1 is 1.37 bits per heavy atom. The molecule has 2 rings (SSSR count). The van der Waals surface area contributed by atoms with Gasteiger partial charge in [0, 0.05) is 31.7 Å². The summed E-state index contributed by atoms with van der Waals surface area (Å²) >= 11 is 0.